The molecule has 1 unspecified atom stereocenters. The molecule has 0 amide bonds. The van der Waals surface area contributed by atoms with Crippen LogP contribution in [0.5, 0.6) is 0 Å². The molecule has 0 aliphatic carbocycles. The first kappa shape index (κ1) is 16.4. The Balaban J connectivity index is 1.76. The smallest absolute Gasteiger partial charge is 0.358 e. The quantitative estimate of drug-likeness (QED) is 0.790. The molecule has 1 atom stereocenters. The summed E-state index contributed by atoms with van der Waals surface area (Å²) >= 11 is 0. The van der Waals surface area contributed by atoms with Crippen LogP contribution in [0.25, 0.3) is 0 Å². The predicted molar refractivity (Wildman–Crippen MR) is 88.0 cm³/mol. The minimum absolute atomic E-state index is 0.217. The SMILES string of the molecule is COC(=O)c1ccc(N2CCCC(c3nncn3C(C)C)C2)nn1. The number of hydrogen-bond donors (Lipinski definition) is 0. The predicted octanol–water partition coefficient (Wildman–Crippen LogP) is 1.82. The second-order valence-electron chi connectivity index (χ2n) is 6.24. The summed E-state index contributed by atoms with van der Waals surface area (Å²) in [5.74, 6) is 1.62. The fraction of sp³-hybridized carbons (Fsp3) is 0.562. The zero-order chi connectivity index (χ0) is 17.1. The van der Waals surface area contributed by atoms with Crippen molar-refractivity contribution >= 4 is 11.8 Å². The van der Waals surface area contributed by atoms with Crippen LogP contribution in [0.1, 0.15) is 55.0 Å². The van der Waals surface area contributed by atoms with Gasteiger partial charge in [0.25, 0.3) is 0 Å². The maximum atomic E-state index is 11.5. The van der Waals surface area contributed by atoms with E-state index in [2.05, 4.69) is 48.4 Å². The zero-order valence-corrected chi connectivity index (χ0v) is 14.2. The molecule has 128 valence electrons. The average molecular weight is 330 g/mol. The van der Waals surface area contributed by atoms with Gasteiger partial charge in [-0.1, -0.05) is 0 Å². The van der Waals surface area contributed by atoms with Crippen LogP contribution in [0.15, 0.2) is 18.5 Å². The molecule has 2 aromatic heterocycles. The average Bonchev–Trinajstić information content (AvgIpc) is 3.11. The van der Waals surface area contributed by atoms with Crippen molar-refractivity contribution < 1.29 is 9.53 Å². The van der Waals surface area contributed by atoms with Gasteiger partial charge in [0.05, 0.1) is 7.11 Å². The van der Waals surface area contributed by atoms with Gasteiger partial charge in [-0.15, -0.1) is 20.4 Å². The lowest BCUT2D eigenvalue weighted by Crippen LogP contribution is -2.36. The normalized spacial score (nSPS) is 18.0. The van der Waals surface area contributed by atoms with Crippen LogP contribution in [0.4, 0.5) is 5.82 Å². The van der Waals surface area contributed by atoms with Gasteiger partial charge in [0.1, 0.15) is 12.2 Å². The molecule has 1 saturated heterocycles. The molecule has 0 saturated carbocycles. The third kappa shape index (κ3) is 3.22. The highest BCUT2D eigenvalue weighted by Crippen LogP contribution is 2.29. The van der Waals surface area contributed by atoms with E-state index >= 15 is 0 Å². The van der Waals surface area contributed by atoms with Crippen LogP contribution in [-0.2, 0) is 4.74 Å². The lowest BCUT2D eigenvalue weighted by atomic mass is 9.97. The third-order valence-corrected chi connectivity index (χ3v) is 4.31. The summed E-state index contributed by atoms with van der Waals surface area (Å²) in [6, 6.07) is 3.80. The number of rotatable bonds is 4. The fourth-order valence-corrected chi connectivity index (χ4v) is 3.05. The Labute approximate surface area is 140 Å². The third-order valence-electron chi connectivity index (χ3n) is 4.31. The Morgan fingerprint density at radius 2 is 2.12 bits per heavy atom. The van der Waals surface area contributed by atoms with Crippen molar-refractivity contribution in [1.82, 2.24) is 25.0 Å². The standard InChI is InChI=1S/C16H22N6O2/c1-11(2)22-10-17-20-15(22)12-5-4-8-21(9-12)14-7-6-13(18-19-14)16(23)24-3/h6-7,10-12H,4-5,8-9H2,1-3H3. The van der Waals surface area contributed by atoms with Gasteiger partial charge in [0.15, 0.2) is 11.5 Å². The Morgan fingerprint density at radius 1 is 1.29 bits per heavy atom. The van der Waals surface area contributed by atoms with Gasteiger partial charge >= 0.3 is 5.97 Å². The summed E-state index contributed by atoms with van der Waals surface area (Å²) < 4.78 is 6.78. The monoisotopic (exact) mass is 330 g/mol. The summed E-state index contributed by atoms with van der Waals surface area (Å²) in [5, 5.41) is 16.5. The summed E-state index contributed by atoms with van der Waals surface area (Å²) in [6.45, 7) is 5.99. The largest absolute Gasteiger partial charge is 0.464 e. The van der Waals surface area contributed by atoms with Crippen molar-refractivity contribution in [2.24, 2.45) is 0 Å². The molecule has 1 aliphatic heterocycles. The molecule has 0 bridgehead atoms. The second kappa shape index (κ2) is 6.94. The molecule has 8 nitrogen and oxygen atoms in total. The van der Waals surface area contributed by atoms with Crippen molar-refractivity contribution in [2.75, 3.05) is 25.1 Å². The first-order valence-corrected chi connectivity index (χ1v) is 8.16. The van der Waals surface area contributed by atoms with Crippen LogP contribution < -0.4 is 4.90 Å². The maximum absolute atomic E-state index is 11.5. The number of aromatic nitrogens is 5. The number of ether oxygens (including phenoxy) is 1. The second-order valence-corrected chi connectivity index (χ2v) is 6.24. The van der Waals surface area contributed by atoms with Crippen molar-refractivity contribution in [2.45, 2.75) is 38.6 Å². The van der Waals surface area contributed by atoms with E-state index in [-0.39, 0.29) is 5.69 Å². The number of hydrogen-bond acceptors (Lipinski definition) is 7. The number of carbonyl (C=O) groups is 1. The Hall–Kier alpha value is -2.51. The van der Waals surface area contributed by atoms with Gasteiger partial charge in [0, 0.05) is 25.0 Å². The molecule has 0 spiro atoms. The van der Waals surface area contributed by atoms with Gasteiger partial charge < -0.3 is 14.2 Å². The van der Waals surface area contributed by atoms with Crippen LogP contribution in [0.2, 0.25) is 0 Å². The van der Waals surface area contributed by atoms with Gasteiger partial charge in [-0.3, -0.25) is 0 Å². The van der Waals surface area contributed by atoms with E-state index in [1.165, 1.54) is 7.11 Å². The molecular formula is C16H22N6O2. The summed E-state index contributed by atoms with van der Waals surface area (Å²) in [7, 11) is 1.33. The van der Waals surface area contributed by atoms with Crippen molar-refractivity contribution in [3.63, 3.8) is 0 Å². The van der Waals surface area contributed by atoms with Gasteiger partial charge in [-0.25, -0.2) is 4.79 Å². The molecule has 24 heavy (non-hydrogen) atoms. The van der Waals surface area contributed by atoms with E-state index in [1.54, 1.807) is 12.4 Å². The lowest BCUT2D eigenvalue weighted by Gasteiger charge is -2.33. The van der Waals surface area contributed by atoms with Crippen LogP contribution in [0, 0.1) is 0 Å². The number of anilines is 1. The maximum Gasteiger partial charge on any atom is 0.358 e. The minimum Gasteiger partial charge on any atom is -0.464 e. The van der Waals surface area contributed by atoms with Crippen molar-refractivity contribution in [3.8, 4) is 0 Å². The van der Waals surface area contributed by atoms with Crippen LogP contribution >= 0.6 is 0 Å². The first-order valence-electron chi connectivity index (χ1n) is 8.16. The molecule has 1 fully saturated rings. The van der Waals surface area contributed by atoms with E-state index in [9.17, 15) is 4.79 Å². The number of esters is 1. The summed E-state index contributed by atoms with van der Waals surface area (Å²) in [5.41, 5.74) is 0.217. The number of piperidine rings is 1. The van der Waals surface area contributed by atoms with Crippen LogP contribution in [-0.4, -0.2) is 51.1 Å². The fourth-order valence-electron chi connectivity index (χ4n) is 3.05. The number of carbonyl (C=O) groups excluding carboxylic acids is 1. The molecule has 0 N–H and O–H groups in total. The van der Waals surface area contributed by atoms with Crippen LogP contribution in [0.3, 0.4) is 0 Å². The van der Waals surface area contributed by atoms with E-state index in [0.717, 1.165) is 37.6 Å². The van der Waals surface area contributed by atoms with Gasteiger partial charge in [-0.05, 0) is 38.8 Å². The highest BCUT2D eigenvalue weighted by Gasteiger charge is 2.27. The van der Waals surface area contributed by atoms with E-state index in [0.29, 0.717) is 12.0 Å². The zero-order valence-electron chi connectivity index (χ0n) is 14.2. The van der Waals surface area contributed by atoms with Crippen molar-refractivity contribution in [1.29, 1.82) is 0 Å². The lowest BCUT2D eigenvalue weighted by molar-refractivity contribution is 0.0592. The number of nitrogens with zero attached hydrogens (tertiary/aromatic N) is 6. The first-order chi connectivity index (χ1) is 11.6. The topological polar surface area (TPSA) is 86.0 Å². The minimum atomic E-state index is -0.476. The highest BCUT2D eigenvalue weighted by molar-refractivity contribution is 5.86. The molecule has 3 rings (SSSR count). The molecular weight excluding hydrogens is 308 g/mol. The van der Waals surface area contributed by atoms with E-state index < -0.39 is 5.97 Å². The highest BCUT2D eigenvalue weighted by atomic mass is 16.5. The molecule has 0 aromatic carbocycles. The van der Waals surface area contributed by atoms with E-state index in [4.69, 9.17) is 0 Å². The molecule has 1 aliphatic rings. The summed E-state index contributed by atoms with van der Waals surface area (Å²) in [4.78, 5) is 13.6. The molecule has 3 heterocycles. The van der Waals surface area contributed by atoms with Gasteiger partial charge in [-0.2, -0.15) is 0 Å². The summed E-state index contributed by atoms with van der Waals surface area (Å²) in [6.07, 6.45) is 3.93. The molecule has 0 radical (unpaired) electrons. The van der Waals surface area contributed by atoms with Gasteiger partial charge in [0.2, 0.25) is 0 Å². The molecule has 8 heteroatoms. The molecule has 2 aromatic rings. The van der Waals surface area contributed by atoms with Crippen molar-refractivity contribution in [3.05, 3.63) is 30.0 Å². The Bertz CT molecular complexity index is 697. The number of methoxy groups -OCH3 is 1. The Kier molecular flexibility index (Phi) is 4.73. The Morgan fingerprint density at radius 3 is 2.79 bits per heavy atom. The van der Waals surface area contributed by atoms with E-state index in [1.807, 2.05) is 6.07 Å².